The van der Waals surface area contributed by atoms with Gasteiger partial charge in [-0.05, 0) is 11.5 Å². The molecule has 0 N–H and O–H groups in total. The number of nitrogens with zero attached hydrogens (tertiary/aromatic N) is 1. The van der Waals surface area contributed by atoms with E-state index in [4.69, 9.17) is 0 Å². The Morgan fingerprint density at radius 3 is 2.25 bits per heavy atom. The molecule has 2 nitrogen and oxygen atoms in total. The predicted octanol–water partition coefficient (Wildman–Crippen LogP) is 3.16. The summed E-state index contributed by atoms with van der Waals surface area (Å²) in [4.78, 5) is 13.9. The van der Waals surface area contributed by atoms with Gasteiger partial charge in [-0.25, -0.2) is 0 Å². The molecule has 0 bridgehead atoms. The Bertz CT molecular complexity index is 419. The summed E-state index contributed by atoms with van der Waals surface area (Å²) in [6.07, 6.45) is 0. The molecule has 0 saturated heterocycles. The van der Waals surface area contributed by atoms with Crippen LogP contribution in [0.2, 0.25) is 0 Å². The van der Waals surface area contributed by atoms with Gasteiger partial charge in [0, 0.05) is 23.4 Å². The molecule has 0 atom stereocenters. The van der Waals surface area contributed by atoms with Crippen molar-refractivity contribution in [2.45, 2.75) is 20.8 Å². The summed E-state index contributed by atoms with van der Waals surface area (Å²) < 4.78 is 0. The third-order valence-corrected chi connectivity index (χ3v) is 2.67. The third kappa shape index (κ3) is 1.75. The number of hydrogen-bond acceptors (Lipinski definition) is 1. The molecule has 0 aliphatic carbocycles. The summed E-state index contributed by atoms with van der Waals surface area (Å²) >= 11 is 0. The molecule has 0 fully saturated rings. The van der Waals surface area contributed by atoms with Gasteiger partial charge in [0.1, 0.15) is 0 Å². The molecule has 84 valence electrons. The number of amides is 1. The molecule has 1 aromatic rings. The van der Waals surface area contributed by atoms with E-state index in [2.05, 4.69) is 27.4 Å². The average Bonchev–Trinajstić information content (AvgIpc) is 2.43. The number of rotatable bonds is 1. The Hall–Kier alpha value is -1.57. The van der Waals surface area contributed by atoms with E-state index in [1.165, 1.54) is 0 Å². The Balaban J connectivity index is 2.36. The summed E-state index contributed by atoms with van der Waals surface area (Å²) in [7, 11) is 0. The number of hydrogen-bond donors (Lipinski definition) is 0. The molecule has 16 heavy (non-hydrogen) atoms. The van der Waals surface area contributed by atoms with Crippen molar-refractivity contribution in [1.29, 1.82) is 0 Å². The van der Waals surface area contributed by atoms with Gasteiger partial charge in [-0.2, -0.15) is 0 Å². The maximum Gasteiger partial charge on any atom is 0.258 e. The van der Waals surface area contributed by atoms with Crippen molar-refractivity contribution in [1.82, 2.24) is 4.90 Å². The van der Waals surface area contributed by atoms with Gasteiger partial charge < -0.3 is 4.90 Å². The zero-order chi connectivity index (χ0) is 11.9. The summed E-state index contributed by atoms with van der Waals surface area (Å²) in [5, 5.41) is 0. The molecular formula is C14H17NO. The number of benzene rings is 1. The number of fused-ring (bicyclic) bond motifs is 1. The summed E-state index contributed by atoms with van der Waals surface area (Å²) in [5.41, 5.74) is 2.66. The Kier molecular flexibility index (Phi) is 2.38. The zero-order valence-corrected chi connectivity index (χ0v) is 10.1. The zero-order valence-electron chi connectivity index (χ0n) is 10.1. The normalized spacial score (nSPS) is 15.6. The lowest BCUT2D eigenvalue weighted by Crippen LogP contribution is -2.32. The first-order chi connectivity index (χ1) is 7.40. The second-order valence-corrected chi connectivity index (χ2v) is 5.44. The smallest absolute Gasteiger partial charge is 0.258 e. The molecule has 2 rings (SSSR count). The van der Waals surface area contributed by atoms with Crippen molar-refractivity contribution in [3.05, 3.63) is 42.0 Å². The van der Waals surface area contributed by atoms with E-state index >= 15 is 0 Å². The largest absolute Gasteiger partial charge is 0.308 e. The molecule has 1 aliphatic heterocycles. The first-order valence-electron chi connectivity index (χ1n) is 5.50. The highest BCUT2D eigenvalue weighted by atomic mass is 16.2. The second kappa shape index (κ2) is 3.48. The van der Waals surface area contributed by atoms with Crippen LogP contribution in [0.15, 0.2) is 30.8 Å². The monoisotopic (exact) mass is 215 g/mol. The van der Waals surface area contributed by atoms with Crippen molar-refractivity contribution >= 4 is 11.6 Å². The van der Waals surface area contributed by atoms with E-state index in [0.717, 1.165) is 16.8 Å². The molecule has 1 aromatic carbocycles. The van der Waals surface area contributed by atoms with Gasteiger partial charge in [0.05, 0.1) is 0 Å². The molecule has 1 amide bonds. The highest BCUT2D eigenvalue weighted by molar-refractivity contribution is 6.08. The van der Waals surface area contributed by atoms with Crippen LogP contribution in [-0.4, -0.2) is 17.4 Å². The van der Waals surface area contributed by atoms with Crippen LogP contribution in [0.3, 0.4) is 0 Å². The lowest BCUT2D eigenvalue weighted by atomic mass is 9.96. The molecule has 1 aliphatic rings. The van der Waals surface area contributed by atoms with E-state index in [-0.39, 0.29) is 11.3 Å². The van der Waals surface area contributed by atoms with Crippen LogP contribution in [0.4, 0.5) is 0 Å². The van der Waals surface area contributed by atoms with Gasteiger partial charge in [0.25, 0.3) is 5.91 Å². The topological polar surface area (TPSA) is 20.3 Å². The second-order valence-electron chi connectivity index (χ2n) is 5.44. The van der Waals surface area contributed by atoms with E-state index in [9.17, 15) is 4.79 Å². The van der Waals surface area contributed by atoms with Crippen LogP contribution < -0.4 is 0 Å². The van der Waals surface area contributed by atoms with Gasteiger partial charge in [-0.3, -0.25) is 4.79 Å². The minimum absolute atomic E-state index is 0.0792. The molecular weight excluding hydrogens is 198 g/mol. The summed E-state index contributed by atoms with van der Waals surface area (Å²) in [6.45, 7) is 11.1. The van der Waals surface area contributed by atoms with Gasteiger partial charge >= 0.3 is 0 Å². The molecule has 1 heterocycles. The fraction of sp³-hybridized carbons (Fsp3) is 0.357. The Morgan fingerprint density at radius 1 is 1.19 bits per heavy atom. The van der Waals surface area contributed by atoms with Crippen molar-refractivity contribution in [3.63, 3.8) is 0 Å². The van der Waals surface area contributed by atoms with Crippen LogP contribution in [0.5, 0.6) is 0 Å². The van der Waals surface area contributed by atoms with Crippen LogP contribution in [0.1, 0.15) is 36.7 Å². The quantitative estimate of drug-likeness (QED) is 0.704. The molecule has 2 heteroatoms. The Morgan fingerprint density at radius 2 is 1.75 bits per heavy atom. The molecule has 0 aromatic heterocycles. The molecule has 0 saturated carbocycles. The molecule has 0 radical (unpaired) electrons. The Labute approximate surface area is 96.6 Å². The van der Waals surface area contributed by atoms with Crippen LogP contribution >= 0.6 is 0 Å². The minimum atomic E-state index is 0.0792. The lowest BCUT2D eigenvalue weighted by molar-refractivity contribution is 0.0813. The fourth-order valence-corrected chi connectivity index (χ4v) is 1.98. The SMILES string of the molecule is C=C1c2ccccc2C(=O)N1CC(C)(C)C. The maximum atomic E-state index is 12.1. The molecule has 0 unspecified atom stereocenters. The van der Waals surface area contributed by atoms with Crippen molar-refractivity contribution in [2.75, 3.05) is 6.54 Å². The van der Waals surface area contributed by atoms with E-state index < -0.39 is 0 Å². The summed E-state index contributed by atoms with van der Waals surface area (Å²) in [6, 6.07) is 7.66. The van der Waals surface area contributed by atoms with Gasteiger partial charge in [0.15, 0.2) is 0 Å². The third-order valence-electron chi connectivity index (χ3n) is 2.67. The van der Waals surface area contributed by atoms with E-state index in [0.29, 0.717) is 6.54 Å². The number of carbonyl (C=O) groups is 1. The minimum Gasteiger partial charge on any atom is -0.308 e. The average molecular weight is 215 g/mol. The maximum absolute atomic E-state index is 12.1. The van der Waals surface area contributed by atoms with Crippen molar-refractivity contribution in [3.8, 4) is 0 Å². The van der Waals surface area contributed by atoms with E-state index in [1.54, 1.807) is 4.90 Å². The highest BCUT2D eigenvalue weighted by Gasteiger charge is 2.32. The van der Waals surface area contributed by atoms with Crippen LogP contribution in [0, 0.1) is 5.41 Å². The highest BCUT2D eigenvalue weighted by Crippen LogP contribution is 2.33. The van der Waals surface area contributed by atoms with Crippen LogP contribution in [-0.2, 0) is 0 Å². The number of carbonyl (C=O) groups excluding carboxylic acids is 1. The van der Waals surface area contributed by atoms with Crippen molar-refractivity contribution in [2.24, 2.45) is 5.41 Å². The van der Waals surface area contributed by atoms with Gasteiger partial charge in [0.2, 0.25) is 0 Å². The van der Waals surface area contributed by atoms with Gasteiger partial charge in [-0.15, -0.1) is 0 Å². The van der Waals surface area contributed by atoms with Crippen LogP contribution in [0.25, 0.3) is 5.70 Å². The first-order valence-corrected chi connectivity index (χ1v) is 5.50. The summed E-state index contributed by atoms with van der Waals surface area (Å²) in [5.74, 6) is 0.0792. The van der Waals surface area contributed by atoms with Gasteiger partial charge in [-0.1, -0.05) is 45.5 Å². The van der Waals surface area contributed by atoms with E-state index in [1.807, 2.05) is 24.3 Å². The molecule has 0 spiro atoms. The van der Waals surface area contributed by atoms with Crippen molar-refractivity contribution < 1.29 is 4.79 Å². The fourth-order valence-electron chi connectivity index (χ4n) is 1.98. The predicted molar refractivity (Wildman–Crippen MR) is 66.0 cm³/mol. The first kappa shape index (κ1) is 10.9. The standard InChI is InChI=1S/C14H17NO/c1-10-11-7-5-6-8-12(11)13(16)15(10)9-14(2,3)4/h5-8H,1,9H2,2-4H3. The lowest BCUT2D eigenvalue weighted by Gasteiger charge is -2.27.